The number of benzene rings is 3. The van der Waals surface area contributed by atoms with E-state index in [0.717, 1.165) is 26.1 Å². The van der Waals surface area contributed by atoms with E-state index in [1.165, 1.54) is 41.3 Å². The van der Waals surface area contributed by atoms with Gasteiger partial charge in [-0.3, -0.25) is 4.90 Å². The minimum Gasteiger partial charge on any atom is -0.314 e. The second-order valence-corrected chi connectivity index (χ2v) is 8.32. The molecule has 3 aromatic rings. The van der Waals surface area contributed by atoms with Gasteiger partial charge in [0.05, 0.1) is 0 Å². The van der Waals surface area contributed by atoms with E-state index in [1.54, 1.807) is 0 Å². The zero-order valence-electron chi connectivity index (χ0n) is 15.9. The zero-order valence-corrected chi connectivity index (χ0v) is 15.9. The van der Waals surface area contributed by atoms with Crippen LogP contribution in [0, 0.1) is 0 Å². The molecule has 0 aromatic heterocycles. The van der Waals surface area contributed by atoms with Gasteiger partial charge in [-0.25, -0.2) is 0 Å². The van der Waals surface area contributed by atoms with Crippen LogP contribution < -0.4 is 5.32 Å². The van der Waals surface area contributed by atoms with Crippen LogP contribution in [0.2, 0.25) is 0 Å². The first-order valence-electron chi connectivity index (χ1n) is 10.3. The molecule has 0 radical (unpaired) electrons. The zero-order chi connectivity index (χ0) is 18.1. The van der Waals surface area contributed by atoms with Crippen LogP contribution in [0.4, 0.5) is 0 Å². The molecule has 2 heteroatoms. The van der Waals surface area contributed by atoms with Gasteiger partial charge in [-0.05, 0) is 41.2 Å². The molecule has 2 nitrogen and oxygen atoms in total. The fraction of sp³-hybridized carbons (Fsp3) is 0.360. The minimum atomic E-state index is 0.398. The summed E-state index contributed by atoms with van der Waals surface area (Å²) >= 11 is 0. The molecule has 1 aliphatic heterocycles. The standard InChI is InChI=1S/C25H28N2/c1-2-10-22(11-3-1)25(13-14-25)19-27-16-15-26-18-23(27)17-21-9-6-8-20-7-4-5-12-24(20)21/h1-12,23,26H,13-19H2. The summed E-state index contributed by atoms with van der Waals surface area (Å²) in [6.07, 6.45) is 3.79. The largest absolute Gasteiger partial charge is 0.314 e. The minimum absolute atomic E-state index is 0.398. The maximum absolute atomic E-state index is 3.64. The summed E-state index contributed by atoms with van der Waals surface area (Å²) in [4.78, 5) is 2.76. The third kappa shape index (κ3) is 3.40. The van der Waals surface area contributed by atoms with Crippen molar-refractivity contribution >= 4 is 10.8 Å². The van der Waals surface area contributed by atoms with Gasteiger partial charge in [0.15, 0.2) is 0 Å². The molecule has 3 aromatic carbocycles. The summed E-state index contributed by atoms with van der Waals surface area (Å²) in [7, 11) is 0. The fourth-order valence-electron chi connectivity index (χ4n) is 4.81. The summed E-state index contributed by atoms with van der Waals surface area (Å²) in [6.45, 7) is 4.56. The summed E-state index contributed by atoms with van der Waals surface area (Å²) < 4.78 is 0. The third-order valence-electron chi connectivity index (χ3n) is 6.55. The number of piperazine rings is 1. The lowest BCUT2D eigenvalue weighted by Crippen LogP contribution is -2.54. The van der Waals surface area contributed by atoms with Crippen molar-refractivity contribution in [2.75, 3.05) is 26.2 Å². The maximum Gasteiger partial charge on any atom is 0.0262 e. The highest BCUT2D eigenvalue weighted by Crippen LogP contribution is 2.49. The van der Waals surface area contributed by atoms with E-state index in [1.807, 2.05) is 0 Å². The van der Waals surface area contributed by atoms with E-state index in [-0.39, 0.29) is 0 Å². The van der Waals surface area contributed by atoms with Crippen LogP contribution in [0.15, 0.2) is 72.8 Å². The Kier molecular flexibility index (Phi) is 4.47. The van der Waals surface area contributed by atoms with Gasteiger partial charge >= 0.3 is 0 Å². The van der Waals surface area contributed by atoms with E-state index < -0.39 is 0 Å². The second kappa shape index (κ2) is 7.10. The molecule has 1 saturated carbocycles. The number of nitrogens with zero attached hydrogens (tertiary/aromatic N) is 1. The Morgan fingerprint density at radius 1 is 0.889 bits per heavy atom. The van der Waals surface area contributed by atoms with Gasteiger partial charge in [-0.2, -0.15) is 0 Å². The van der Waals surface area contributed by atoms with Crippen LogP contribution in [0.3, 0.4) is 0 Å². The molecule has 2 aliphatic rings. The van der Waals surface area contributed by atoms with Gasteiger partial charge in [0.25, 0.3) is 0 Å². The van der Waals surface area contributed by atoms with E-state index in [0.29, 0.717) is 11.5 Å². The second-order valence-electron chi connectivity index (χ2n) is 8.32. The third-order valence-corrected chi connectivity index (χ3v) is 6.55. The Morgan fingerprint density at radius 3 is 2.52 bits per heavy atom. The lowest BCUT2D eigenvalue weighted by molar-refractivity contribution is 0.146. The molecule has 1 unspecified atom stereocenters. The average molecular weight is 357 g/mol. The summed E-state index contributed by atoms with van der Waals surface area (Å²) in [5.41, 5.74) is 3.42. The topological polar surface area (TPSA) is 15.3 Å². The Bertz CT molecular complexity index is 909. The molecule has 1 saturated heterocycles. The van der Waals surface area contributed by atoms with Crippen molar-refractivity contribution in [2.45, 2.75) is 30.7 Å². The molecule has 0 amide bonds. The van der Waals surface area contributed by atoms with Gasteiger partial charge in [-0.1, -0.05) is 72.8 Å². The van der Waals surface area contributed by atoms with E-state index in [9.17, 15) is 0 Å². The van der Waals surface area contributed by atoms with Crippen molar-refractivity contribution < 1.29 is 0 Å². The average Bonchev–Trinajstić information content (AvgIpc) is 3.51. The molecule has 1 heterocycles. The highest BCUT2D eigenvalue weighted by molar-refractivity contribution is 5.85. The van der Waals surface area contributed by atoms with Crippen LogP contribution in [-0.2, 0) is 11.8 Å². The first kappa shape index (κ1) is 17.0. The predicted octanol–water partition coefficient (Wildman–Crippen LogP) is 4.39. The first-order valence-corrected chi connectivity index (χ1v) is 10.3. The summed E-state index contributed by atoms with van der Waals surface area (Å²) in [5.74, 6) is 0. The highest BCUT2D eigenvalue weighted by atomic mass is 15.2. The number of fused-ring (bicyclic) bond motifs is 1. The number of nitrogens with one attached hydrogen (secondary N) is 1. The van der Waals surface area contributed by atoms with Crippen LogP contribution >= 0.6 is 0 Å². The Hall–Kier alpha value is -2.16. The Morgan fingerprint density at radius 2 is 1.67 bits per heavy atom. The van der Waals surface area contributed by atoms with Crippen molar-refractivity contribution in [2.24, 2.45) is 0 Å². The van der Waals surface area contributed by atoms with Crippen LogP contribution in [0.25, 0.3) is 10.8 Å². The van der Waals surface area contributed by atoms with Crippen molar-refractivity contribution in [1.82, 2.24) is 10.2 Å². The van der Waals surface area contributed by atoms with Crippen molar-refractivity contribution in [3.05, 3.63) is 83.9 Å². The molecule has 27 heavy (non-hydrogen) atoms. The van der Waals surface area contributed by atoms with Crippen LogP contribution in [0.1, 0.15) is 24.0 Å². The van der Waals surface area contributed by atoms with Crippen molar-refractivity contribution in [3.63, 3.8) is 0 Å². The lowest BCUT2D eigenvalue weighted by atomic mass is 9.92. The van der Waals surface area contributed by atoms with Gasteiger partial charge in [0, 0.05) is 37.6 Å². The van der Waals surface area contributed by atoms with Gasteiger partial charge in [-0.15, -0.1) is 0 Å². The van der Waals surface area contributed by atoms with E-state index >= 15 is 0 Å². The summed E-state index contributed by atoms with van der Waals surface area (Å²) in [6, 6.07) is 27.3. The van der Waals surface area contributed by atoms with Crippen molar-refractivity contribution in [1.29, 1.82) is 0 Å². The first-order chi connectivity index (χ1) is 13.3. The molecule has 1 atom stereocenters. The molecule has 138 valence electrons. The van der Waals surface area contributed by atoms with Crippen LogP contribution in [-0.4, -0.2) is 37.1 Å². The number of hydrogen-bond acceptors (Lipinski definition) is 2. The molecule has 1 N–H and O–H groups in total. The lowest BCUT2D eigenvalue weighted by Gasteiger charge is -2.39. The van der Waals surface area contributed by atoms with Gasteiger partial charge in [0.2, 0.25) is 0 Å². The quantitative estimate of drug-likeness (QED) is 0.729. The molecular formula is C25H28N2. The number of hydrogen-bond donors (Lipinski definition) is 1. The van der Waals surface area contributed by atoms with Gasteiger partial charge < -0.3 is 5.32 Å². The smallest absolute Gasteiger partial charge is 0.0262 e. The maximum atomic E-state index is 3.64. The van der Waals surface area contributed by atoms with Crippen molar-refractivity contribution in [3.8, 4) is 0 Å². The van der Waals surface area contributed by atoms with Crippen LogP contribution in [0.5, 0.6) is 0 Å². The predicted molar refractivity (Wildman–Crippen MR) is 113 cm³/mol. The summed E-state index contributed by atoms with van der Waals surface area (Å²) in [5, 5.41) is 6.40. The molecule has 0 spiro atoms. The molecule has 2 fully saturated rings. The Labute approximate surface area is 162 Å². The molecule has 1 aliphatic carbocycles. The number of rotatable bonds is 5. The van der Waals surface area contributed by atoms with E-state index in [2.05, 4.69) is 83.0 Å². The fourth-order valence-corrected chi connectivity index (χ4v) is 4.81. The normalized spacial score (nSPS) is 22.0. The Balaban J connectivity index is 1.38. The van der Waals surface area contributed by atoms with E-state index in [4.69, 9.17) is 0 Å². The highest BCUT2D eigenvalue weighted by Gasteiger charge is 2.46. The molecule has 0 bridgehead atoms. The monoisotopic (exact) mass is 356 g/mol. The van der Waals surface area contributed by atoms with Gasteiger partial charge in [0.1, 0.15) is 0 Å². The molecule has 5 rings (SSSR count). The molecular weight excluding hydrogens is 328 g/mol. The SMILES string of the molecule is c1ccc(C2(CN3CCNCC3Cc3cccc4ccccc34)CC2)cc1.